The molecule has 0 aliphatic heterocycles. The van der Waals surface area contributed by atoms with Crippen LogP contribution in [0, 0.1) is 6.07 Å². The first-order valence-corrected chi connectivity index (χ1v) is 4.18. The second-order valence-electron chi connectivity index (χ2n) is 3.99. The molecule has 0 unspecified atom stereocenters. The third-order valence-electron chi connectivity index (χ3n) is 1.88. The number of hydrogen-bond acceptors (Lipinski definition) is 0. The van der Waals surface area contributed by atoms with Gasteiger partial charge in [-0.25, -0.2) is 0 Å². The Morgan fingerprint density at radius 3 is 2.33 bits per heavy atom. The van der Waals surface area contributed by atoms with Crippen molar-refractivity contribution < 1.29 is 0 Å². The average Bonchev–Trinajstić information content (AvgIpc) is 2.03. The third-order valence-corrected chi connectivity index (χ3v) is 1.88. The van der Waals surface area contributed by atoms with Crippen LogP contribution in [0.1, 0.15) is 31.9 Å². The summed E-state index contributed by atoms with van der Waals surface area (Å²) in [5.74, 6) is 0. The molecule has 0 saturated carbocycles. The Morgan fingerprint density at radius 2 is 2.00 bits per heavy atom. The lowest BCUT2D eigenvalue weighted by molar-refractivity contribution is 0.589. The van der Waals surface area contributed by atoms with Crippen molar-refractivity contribution in [3.63, 3.8) is 0 Å². The quantitative estimate of drug-likeness (QED) is 0.589. The van der Waals surface area contributed by atoms with Gasteiger partial charge in [-0.2, -0.15) is 0 Å². The third kappa shape index (κ3) is 1.97. The lowest BCUT2D eigenvalue weighted by atomic mass is 9.87. The zero-order valence-corrected chi connectivity index (χ0v) is 8.02. The Bertz CT molecular complexity index is 259. The fraction of sp³-hybridized carbons (Fsp3) is 0.333. The smallest absolute Gasteiger partial charge is 0.0126 e. The van der Waals surface area contributed by atoms with Crippen LogP contribution in [0.3, 0.4) is 0 Å². The molecule has 0 bridgehead atoms. The van der Waals surface area contributed by atoms with Crippen LogP contribution in [0.25, 0.3) is 6.08 Å². The van der Waals surface area contributed by atoms with E-state index in [2.05, 4.69) is 45.5 Å². The van der Waals surface area contributed by atoms with Gasteiger partial charge in [0, 0.05) is 0 Å². The van der Waals surface area contributed by atoms with E-state index in [1.807, 2.05) is 12.1 Å². The fourth-order valence-electron chi connectivity index (χ4n) is 1.03. The highest BCUT2D eigenvalue weighted by atomic mass is 14.2. The van der Waals surface area contributed by atoms with Crippen molar-refractivity contribution in [2.75, 3.05) is 0 Å². The second kappa shape index (κ2) is 3.14. The van der Waals surface area contributed by atoms with E-state index in [4.69, 9.17) is 0 Å². The number of rotatable bonds is 1. The summed E-state index contributed by atoms with van der Waals surface area (Å²) in [6.45, 7) is 10.3. The van der Waals surface area contributed by atoms with E-state index in [0.29, 0.717) is 0 Å². The zero-order chi connectivity index (χ0) is 9.19. The summed E-state index contributed by atoms with van der Waals surface area (Å²) < 4.78 is 0. The Labute approximate surface area is 74.9 Å². The van der Waals surface area contributed by atoms with Crippen LogP contribution in [0.4, 0.5) is 0 Å². The summed E-state index contributed by atoms with van der Waals surface area (Å²) in [6.07, 6.45) is 1.84. The predicted octanol–water partition coefficient (Wildman–Crippen LogP) is 3.43. The maximum atomic E-state index is 3.70. The molecular weight excluding hydrogens is 144 g/mol. The van der Waals surface area contributed by atoms with Gasteiger partial charge in [0.1, 0.15) is 0 Å². The first kappa shape index (κ1) is 9.05. The lowest BCUT2D eigenvalue weighted by Gasteiger charge is -2.18. The summed E-state index contributed by atoms with van der Waals surface area (Å²) in [6, 6.07) is 9.42. The molecule has 0 aliphatic carbocycles. The molecular formula is C12H15. The Balaban J connectivity index is 3.00. The molecule has 1 aromatic carbocycles. The van der Waals surface area contributed by atoms with Gasteiger partial charge >= 0.3 is 0 Å². The van der Waals surface area contributed by atoms with E-state index >= 15 is 0 Å². The summed E-state index contributed by atoms with van der Waals surface area (Å²) in [5, 5.41) is 0. The highest BCUT2D eigenvalue weighted by Gasteiger charge is 2.12. The monoisotopic (exact) mass is 159 g/mol. The molecule has 0 nitrogen and oxygen atoms in total. The van der Waals surface area contributed by atoms with Crippen LogP contribution in [0.15, 0.2) is 24.8 Å². The highest BCUT2D eigenvalue weighted by Crippen LogP contribution is 2.21. The fourth-order valence-corrected chi connectivity index (χ4v) is 1.03. The number of hydrogen-bond donors (Lipinski definition) is 0. The van der Waals surface area contributed by atoms with Crippen LogP contribution in [-0.4, -0.2) is 0 Å². The molecule has 0 spiro atoms. The molecule has 1 rings (SSSR count). The molecule has 1 aromatic rings. The standard InChI is InChI=1S/C12H15/c1-5-10-6-8-11(9-7-10)12(2,3)4/h5-8H,1H2,2-4H3. The molecule has 0 fully saturated rings. The summed E-state index contributed by atoms with van der Waals surface area (Å²) in [7, 11) is 0. The highest BCUT2D eigenvalue weighted by molar-refractivity contribution is 5.47. The van der Waals surface area contributed by atoms with Gasteiger partial charge in [0.05, 0.1) is 0 Å². The minimum absolute atomic E-state index is 0.194. The first-order valence-electron chi connectivity index (χ1n) is 4.18. The Kier molecular flexibility index (Phi) is 2.37. The van der Waals surface area contributed by atoms with E-state index in [-0.39, 0.29) is 5.41 Å². The lowest BCUT2D eigenvalue weighted by Crippen LogP contribution is -2.10. The minimum Gasteiger partial charge on any atom is -0.0985 e. The second-order valence-corrected chi connectivity index (χ2v) is 3.99. The van der Waals surface area contributed by atoms with Gasteiger partial charge in [-0.1, -0.05) is 45.6 Å². The van der Waals surface area contributed by atoms with Crippen molar-refractivity contribution in [3.8, 4) is 0 Å². The van der Waals surface area contributed by atoms with Crippen LogP contribution < -0.4 is 0 Å². The first-order chi connectivity index (χ1) is 5.54. The topological polar surface area (TPSA) is 0 Å². The SMILES string of the molecule is C=Cc1c[c]c(C(C)(C)C)cc1. The van der Waals surface area contributed by atoms with E-state index in [1.165, 1.54) is 5.56 Å². The van der Waals surface area contributed by atoms with Gasteiger partial charge in [0.2, 0.25) is 0 Å². The normalized spacial score (nSPS) is 11.2. The van der Waals surface area contributed by atoms with Crippen molar-refractivity contribution >= 4 is 6.08 Å². The predicted molar refractivity (Wildman–Crippen MR) is 54.1 cm³/mol. The van der Waals surface area contributed by atoms with Crippen LogP contribution in [0.2, 0.25) is 0 Å². The number of benzene rings is 1. The van der Waals surface area contributed by atoms with Crippen molar-refractivity contribution in [3.05, 3.63) is 42.0 Å². The Hall–Kier alpha value is -1.04. The molecule has 1 radical (unpaired) electrons. The van der Waals surface area contributed by atoms with Crippen LogP contribution in [0.5, 0.6) is 0 Å². The molecule has 0 N–H and O–H groups in total. The largest absolute Gasteiger partial charge is 0.0985 e. The Morgan fingerprint density at radius 1 is 1.33 bits per heavy atom. The van der Waals surface area contributed by atoms with Gasteiger partial charge < -0.3 is 0 Å². The van der Waals surface area contributed by atoms with E-state index in [9.17, 15) is 0 Å². The van der Waals surface area contributed by atoms with Gasteiger partial charge in [-0.3, -0.25) is 0 Å². The van der Waals surface area contributed by atoms with Crippen LogP contribution in [-0.2, 0) is 5.41 Å². The van der Waals surface area contributed by atoms with Crippen molar-refractivity contribution in [2.45, 2.75) is 26.2 Å². The molecule has 0 saturated heterocycles. The average molecular weight is 159 g/mol. The van der Waals surface area contributed by atoms with Crippen molar-refractivity contribution in [1.82, 2.24) is 0 Å². The molecule has 63 valence electrons. The van der Waals surface area contributed by atoms with Crippen LogP contribution >= 0.6 is 0 Å². The molecule has 0 aliphatic rings. The van der Waals surface area contributed by atoms with Gasteiger partial charge in [0.25, 0.3) is 0 Å². The van der Waals surface area contributed by atoms with Crippen molar-refractivity contribution in [1.29, 1.82) is 0 Å². The molecule has 0 amide bonds. The van der Waals surface area contributed by atoms with Gasteiger partial charge in [-0.05, 0) is 28.7 Å². The van der Waals surface area contributed by atoms with Crippen molar-refractivity contribution in [2.24, 2.45) is 0 Å². The van der Waals surface area contributed by atoms with E-state index < -0.39 is 0 Å². The zero-order valence-electron chi connectivity index (χ0n) is 8.02. The van der Waals surface area contributed by atoms with E-state index in [1.54, 1.807) is 0 Å². The minimum atomic E-state index is 0.194. The summed E-state index contributed by atoms with van der Waals surface area (Å²) in [5.41, 5.74) is 2.57. The molecule has 0 atom stereocenters. The summed E-state index contributed by atoms with van der Waals surface area (Å²) in [4.78, 5) is 0. The maximum absolute atomic E-state index is 3.70. The molecule has 0 aromatic heterocycles. The van der Waals surface area contributed by atoms with Gasteiger partial charge in [-0.15, -0.1) is 0 Å². The van der Waals surface area contributed by atoms with Gasteiger partial charge in [0.15, 0.2) is 0 Å². The molecule has 0 heteroatoms. The van der Waals surface area contributed by atoms with E-state index in [0.717, 1.165) is 5.56 Å². The maximum Gasteiger partial charge on any atom is -0.0126 e. The molecule has 0 heterocycles. The molecule has 12 heavy (non-hydrogen) atoms. The summed E-state index contributed by atoms with van der Waals surface area (Å²) >= 11 is 0.